The Morgan fingerprint density at radius 3 is 2.65 bits per heavy atom. The number of benzene rings is 1. The number of nitrogens with one attached hydrogen (secondary N) is 2. The number of hydrazone groups is 1. The Labute approximate surface area is 113 Å². The number of nitrogens with zero attached hydrogens (tertiary/aromatic N) is 3. The summed E-state index contributed by atoms with van der Waals surface area (Å²) in [6.45, 7) is 1.54. The van der Waals surface area contributed by atoms with Gasteiger partial charge in [-0.25, -0.2) is 10.2 Å². The normalized spacial score (nSPS) is 10.7. The van der Waals surface area contributed by atoms with Crippen molar-refractivity contribution >= 4 is 18.1 Å². The lowest BCUT2D eigenvalue weighted by Gasteiger charge is -1.98. The van der Waals surface area contributed by atoms with E-state index in [0.717, 1.165) is 0 Å². The molecule has 0 radical (unpaired) electrons. The third kappa shape index (κ3) is 3.25. The van der Waals surface area contributed by atoms with Gasteiger partial charge in [0.1, 0.15) is 5.69 Å². The molecular weight excluding hydrogens is 262 g/mol. The van der Waals surface area contributed by atoms with Gasteiger partial charge >= 0.3 is 5.97 Å². The van der Waals surface area contributed by atoms with E-state index < -0.39 is 5.97 Å². The Morgan fingerprint density at radius 2 is 2.05 bits per heavy atom. The first-order valence-corrected chi connectivity index (χ1v) is 5.62. The van der Waals surface area contributed by atoms with E-state index in [2.05, 4.69) is 25.7 Å². The number of aromatic carboxylic acids is 1. The molecule has 0 aliphatic heterocycles. The van der Waals surface area contributed by atoms with Gasteiger partial charge in [0.2, 0.25) is 5.95 Å². The molecule has 20 heavy (non-hydrogen) atoms. The topological polar surface area (TPSA) is 120 Å². The summed E-state index contributed by atoms with van der Waals surface area (Å²) in [4.78, 5) is 24.4. The highest BCUT2D eigenvalue weighted by molar-refractivity contribution is 5.89. The Balaban J connectivity index is 2.04. The van der Waals surface area contributed by atoms with Crippen LogP contribution in [0.5, 0.6) is 0 Å². The lowest BCUT2D eigenvalue weighted by atomic mass is 10.1. The molecule has 8 heteroatoms. The summed E-state index contributed by atoms with van der Waals surface area (Å²) in [6, 6.07) is 6.16. The Bertz CT molecular complexity index is 706. The first-order chi connectivity index (χ1) is 9.56. The van der Waals surface area contributed by atoms with Crippen molar-refractivity contribution in [2.75, 3.05) is 5.43 Å². The van der Waals surface area contributed by atoms with E-state index in [1.807, 2.05) is 0 Å². The van der Waals surface area contributed by atoms with Gasteiger partial charge in [0.05, 0.1) is 11.8 Å². The van der Waals surface area contributed by atoms with Crippen LogP contribution in [-0.2, 0) is 0 Å². The van der Waals surface area contributed by atoms with Gasteiger partial charge < -0.3 is 5.11 Å². The van der Waals surface area contributed by atoms with Gasteiger partial charge in [-0.05, 0) is 24.6 Å². The second-order valence-electron chi connectivity index (χ2n) is 3.89. The van der Waals surface area contributed by atoms with Crippen molar-refractivity contribution in [3.05, 3.63) is 51.4 Å². The summed E-state index contributed by atoms with van der Waals surface area (Å²) >= 11 is 0. The molecule has 0 saturated heterocycles. The standard InChI is InChI=1S/C12H11N5O3/c1-7-10(18)14-12(17-15-7)16-13-6-8-2-4-9(5-3-8)11(19)20/h2-6H,1H3,(H,19,20)(H2,14,16,17,18). The van der Waals surface area contributed by atoms with Crippen LogP contribution in [0.1, 0.15) is 21.6 Å². The van der Waals surface area contributed by atoms with Crippen LogP contribution in [0.2, 0.25) is 0 Å². The van der Waals surface area contributed by atoms with E-state index in [-0.39, 0.29) is 22.8 Å². The highest BCUT2D eigenvalue weighted by atomic mass is 16.4. The SMILES string of the molecule is Cc1nnc(NN=Cc2ccc(C(=O)O)cc2)[nH]c1=O. The minimum absolute atomic E-state index is 0.124. The van der Waals surface area contributed by atoms with Crippen molar-refractivity contribution in [3.8, 4) is 0 Å². The summed E-state index contributed by atoms with van der Waals surface area (Å²) in [5, 5.41) is 20.0. The van der Waals surface area contributed by atoms with Crippen LogP contribution in [0.3, 0.4) is 0 Å². The lowest BCUT2D eigenvalue weighted by Crippen LogP contribution is -2.15. The minimum atomic E-state index is -0.987. The molecule has 0 atom stereocenters. The first-order valence-electron chi connectivity index (χ1n) is 5.62. The van der Waals surface area contributed by atoms with Crippen LogP contribution in [-0.4, -0.2) is 32.5 Å². The van der Waals surface area contributed by atoms with E-state index in [4.69, 9.17) is 5.11 Å². The van der Waals surface area contributed by atoms with E-state index in [9.17, 15) is 9.59 Å². The number of hydrogen-bond acceptors (Lipinski definition) is 6. The fourth-order valence-corrected chi connectivity index (χ4v) is 1.32. The Kier molecular flexibility index (Phi) is 3.85. The molecule has 0 amide bonds. The van der Waals surface area contributed by atoms with E-state index in [1.54, 1.807) is 19.1 Å². The number of hydrogen-bond donors (Lipinski definition) is 3. The van der Waals surface area contributed by atoms with Crippen LogP contribution in [0.15, 0.2) is 34.2 Å². The van der Waals surface area contributed by atoms with Gasteiger partial charge in [-0.1, -0.05) is 12.1 Å². The largest absolute Gasteiger partial charge is 0.478 e. The van der Waals surface area contributed by atoms with Gasteiger partial charge in [-0.2, -0.15) is 5.10 Å². The number of anilines is 1. The number of aromatic amines is 1. The molecule has 0 aliphatic carbocycles. The zero-order valence-electron chi connectivity index (χ0n) is 10.5. The van der Waals surface area contributed by atoms with E-state index >= 15 is 0 Å². The average molecular weight is 273 g/mol. The maximum atomic E-state index is 11.3. The quantitative estimate of drug-likeness (QED) is 0.554. The van der Waals surface area contributed by atoms with E-state index in [1.165, 1.54) is 18.3 Å². The molecule has 1 aromatic heterocycles. The molecule has 102 valence electrons. The monoisotopic (exact) mass is 273 g/mol. The van der Waals surface area contributed by atoms with E-state index in [0.29, 0.717) is 5.56 Å². The van der Waals surface area contributed by atoms with Crippen molar-refractivity contribution in [2.45, 2.75) is 6.92 Å². The molecule has 1 aromatic carbocycles. The van der Waals surface area contributed by atoms with Gasteiger partial charge in [0.25, 0.3) is 5.56 Å². The van der Waals surface area contributed by atoms with Crippen molar-refractivity contribution in [1.29, 1.82) is 0 Å². The molecule has 0 unspecified atom stereocenters. The van der Waals surface area contributed by atoms with Crippen LogP contribution in [0.4, 0.5) is 5.95 Å². The average Bonchev–Trinajstić information content (AvgIpc) is 2.43. The van der Waals surface area contributed by atoms with Crippen LogP contribution >= 0.6 is 0 Å². The summed E-state index contributed by atoms with van der Waals surface area (Å²) in [6.07, 6.45) is 1.46. The molecule has 0 spiro atoms. The summed E-state index contributed by atoms with van der Waals surface area (Å²) in [7, 11) is 0. The smallest absolute Gasteiger partial charge is 0.335 e. The first kappa shape index (κ1) is 13.4. The van der Waals surface area contributed by atoms with Crippen molar-refractivity contribution in [2.24, 2.45) is 5.10 Å². The fourth-order valence-electron chi connectivity index (χ4n) is 1.32. The fraction of sp³-hybridized carbons (Fsp3) is 0.0833. The predicted molar refractivity (Wildman–Crippen MR) is 72.0 cm³/mol. The van der Waals surface area contributed by atoms with Gasteiger partial charge in [0, 0.05) is 0 Å². The molecule has 0 fully saturated rings. The molecule has 0 aliphatic rings. The van der Waals surface area contributed by atoms with Crippen LogP contribution in [0.25, 0.3) is 0 Å². The molecule has 2 rings (SSSR count). The number of aromatic nitrogens is 3. The third-order valence-corrected chi connectivity index (χ3v) is 2.40. The van der Waals surface area contributed by atoms with Crippen LogP contribution < -0.4 is 11.0 Å². The Morgan fingerprint density at radius 1 is 1.35 bits per heavy atom. The zero-order valence-corrected chi connectivity index (χ0v) is 10.5. The maximum absolute atomic E-state index is 11.3. The molecule has 0 bridgehead atoms. The minimum Gasteiger partial charge on any atom is -0.478 e. The van der Waals surface area contributed by atoms with Crippen molar-refractivity contribution < 1.29 is 9.90 Å². The Hall–Kier alpha value is -3.03. The van der Waals surface area contributed by atoms with Crippen molar-refractivity contribution in [1.82, 2.24) is 15.2 Å². The van der Waals surface area contributed by atoms with Gasteiger partial charge in [-0.15, -0.1) is 10.2 Å². The molecule has 1 heterocycles. The number of carboxylic acids is 1. The summed E-state index contributed by atoms with van der Waals surface area (Å²) in [5.41, 5.74) is 3.34. The number of rotatable bonds is 4. The summed E-state index contributed by atoms with van der Waals surface area (Å²) in [5.74, 6) is -0.863. The predicted octanol–water partition coefficient (Wildman–Crippen LogP) is 0.618. The second kappa shape index (κ2) is 5.74. The lowest BCUT2D eigenvalue weighted by molar-refractivity contribution is 0.0697. The zero-order chi connectivity index (χ0) is 14.5. The molecule has 3 N–H and O–H groups in total. The molecule has 0 saturated carbocycles. The van der Waals surface area contributed by atoms with Gasteiger partial charge in [0.15, 0.2) is 0 Å². The molecular formula is C12H11N5O3. The number of carbonyl (C=O) groups is 1. The maximum Gasteiger partial charge on any atom is 0.335 e. The summed E-state index contributed by atoms with van der Waals surface area (Å²) < 4.78 is 0. The van der Waals surface area contributed by atoms with Gasteiger partial charge in [-0.3, -0.25) is 9.78 Å². The van der Waals surface area contributed by atoms with Crippen molar-refractivity contribution in [3.63, 3.8) is 0 Å². The second-order valence-corrected chi connectivity index (χ2v) is 3.89. The molecule has 8 nitrogen and oxygen atoms in total. The third-order valence-electron chi connectivity index (χ3n) is 2.40. The number of carboxylic acid groups (broad SMARTS) is 1. The van der Waals surface area contributed by atoms with Crippen LogP contribution in [0, 0.1) is 6.92 Å². The molecule has 2 aromatic rings. The number of H-pyrrole nitrogens is 1. The highest BCUT2D eigenvalue weighted by Crippen LogP contribution is 2.02. The number of aryl methyl sites for hydroxylation is 1. The highest BCUT2D eigenvalue weighted by Gasteiger charge is 2.00.